The molecule has 6 heteroatoms. The topological polar surface area (TPSA) is 76.2 Å². The molecule has 19 heavy (non-hydrogen) atoms. The second kappa shape index (κ2) is 5.84. The van der Waals surface area contributed by atoms with E-state index in [4.69, 9.17) is 21.2 Å². The van der Waals surface area contributed by atoms with Crippen LogP contribution in [0.5, 0.6) is 0 Å². The highest BCUT2D eigenvalue weighted by atomic mass is 35.5. The molecule has 0 aliphatic rings. The van der Waals surface area contributed by atoms with Crippen molar-refractivity contribution in [3.05, 3.63) is 35.2 Å². The number of aliphatic carboxylic acids is 1. The predicted octanol–water partition coefficient (Wildman–Crippen LogP) is 3.04. The molecular formula is C13H13ClN2O3. The summed E-state index contributed by atoms with van der Waals surface area (Å²) in [6, 6.07) is 7.21. The monoisotopic (exact) mass is 280 g/mol. The summed E-state index contributed by atoms with van der Waals surface area (Å²) in [5.74, 6) is -0.0535. The smallest absolute Gasteiger partial charge is 0.303 e. The van der Waals surface area contributed by atoms with Crippen molar-refractivity contribution in [3.8, 4) is 11.4 Å². The Morgan fingerprint density at radius 2 is 2.21 bits per heavy atom. The van der Waals surface area contributed by atoms with E-state index in [1.165, 1.54) is 0 Å². The summed E-state index contributed by atoms with van der Waals surface area (Å²) < 4.78 is 5.11. The first-order valence-corrected chi connectivity index (χ1v) is 6.23. The molecule has 2 aromatic rings. The molecule has 0 radical (unpaired) electrons. The molecule has 0 amide bonds. The largest absolute Gasteiger partial charge is 0.481 e. The summed E-state index contributed by atoms with van der Waals surface area (Å²) in [5, 5.41) is 13.1. The van der Waals surface area contributed by atoms with Gasteiger partial charge in [-0.15, -0.1) is 0 Å². The summed E-state index contributed by atoms with van der Waals surface area (Å²) in [6.45, 7) is 1.83. The minimum atomic E-state index is -0.835. The van der Waals surface area contributed by atoms with Crippen LogP contribution in [0, 0.1) is 5.92 Å². The number of carboxylic acid groups (broad SMARTS) is 1. The van der Waals surface area contributed by atoms with Gasteiger partial charge in [0.2, 0.25) is 11.7 Å². The van der Waals surface area contributed by atoms with Gasteiger partial charge in [-0.1, -0.05) is 35.8 Å². The van der Waals surface area contributed by atoms with Crippen LogP contribution >= 0.6 is 11.6 Å². The zero-order chi connectivity index (χ0) is 13.8. The highest BCUT2D eigenvalue weighted by molar-refractivity contribution is 6.33. The fraction of sp³-hybridized carbons (Fsp3) is 0.308. The van der Waals surface area contributed by atoms with Gasteiger partial charge < -0.3 is 9.63 Å². The van der Waals surface area contributed by atoms with Crippen molar-refractivity contribution in [2.45, 2.75) is 19.8 Å². The van der Waals surface area contributed by atoms with Crippen LogP contribution in [0.25, 0.3) is 11.4 Å². The number of halogens is 1. The molecule has 1 N–H and O–H groups in total. The fourth-order valence-corrected chi connectivity index (χ4v) is 1.98. The fourth-order valence-electron chi connectivity index (χ4n) is 1.76. The lowest BCUT2D eigenvalue weighted by molar-refractivity contribution is -0.137. The van der Waals surface area contributed by atoms with Crippen LogP contribution in [0.1, 0.15) is 19.2 Å². The van der Waals surface area contributed by atoms with E-state index in [1.807, 2.05) is 19.1 Å². The molecule has 1 heterocycles. The van der Waals surface area contributed by atoms with Crippen molar-refractivity contribution in [2.24, 2.45) is 5.92 Å². The van der Waals surface area contributed by atoms with Crippen LogP contribution in [0.3, 0.4) is 0 Å². The Kier molecular flexibility index (Phi) is 4.16. The second-order valence-corrected chi connectivity index (χ2v) is 4.81. The van der Waals surface area contributed by atoms with Crippen LogP contribution in [-0.4, -0.2) is 21.2 Å². The van der Waals surface area contributed by atoms with Crippen molar-refractivity contribution in [1.82, 2.24) is 10.1 Å². The Balaban J connectivity index is 2.11. The summed E-state index contributed by atoms with van der Waals surface area (Å²) in [4.78, 5) is 14.8. The van der Waals surface area contributed by atoms with E-state index in [9.17, 15) is 4.79 Å². The Hall–Kier alpha value is -1.88. The van der Waals surface area contributed by atoms with E-state index < -0.39 is 5.97 Å². The molecule has 0 aliphatic carbocycles. The number of aromatic nitrogens is 2. The molecule has 1 aromatic carbocycles. The molecule has 1 atom stereocenters. The van der Waals surface area contributed by atoms with Gasteiger partial charge in [0.15, 0.2) is 0 Å². The Morgan fingerprint density at radius 1 is 1.47 bits per heavy atom. The molecule has 100 valence electrons. The first-order chi connectivity index (χ1) is 9.06. The highest BCUT2D eigenvalue weighted by Gasteiger charge is 2.15. The van der Waals surface area contributed by atoms with Gasteiger partial charge in [-0.2, -0.15) is 4.98 Å². The lowest BCUT2D eigenvalue weighted by Gasteiger charge is -2.03. The van der Waals surface area contributed by atoms with Gasteiger partial charge in [-0.3, -0.25) is 4.79 Å². The Labute approximate surface area is 115 Å². The second-order valence-electron chi connectivity index (χ2n) is 4.40. The minimum absolute atomic E-state index is 0.0583. The number of benzene rings is 1. The zero-order valence-electron chi connectivity index (χ0n) is 10.3. The van der Waals surface area contributed by atoms with Crippen molar-refractivity contribution < 1.29 is 14.4 Å². The van der Waals surface area contributed by atoms with Gasteiger partial charge in [0.05, 0.1) is 5.02 Å². The van der Waals surface area contributed by atoms with Gasteiger partial charge in [-0.05, 0) is 18.1 Å². The lowest BCUT2D eigenvalue weighted by Crippen LogP contribution is -2.07. The third kappa shape index (κ3) is 3.54. The molecule has 5 nitrogen and oxygen atoms in total. The van der Waals surface area contributed by atoms with Crippen LogP contribution in [0.4, 0.5) is 0 Å². The maximum atomic E-state index is 10.6. The van der Waals surface area contributed by atoms with Gasteiger partial charge in [0.1, 0.15) is 0 Å². The lowest BCUT2D eigenvalue weighted by atomic mass is 10.0. The van der Waals surface area contributed by atoms with Crippen LogP contribution in [-0.2, 0) is 11.2 Å². The average molecular weight is 281 g/mol. The van der Waals surface area contributed by atoms with Gasteiger partial charge in [-0.25, -0.2) is 0 Å². The van der Waals surface area contributed by atoms with Crippen molar-refractivity contribution in [2.75, 3.05) is 0 Å². The maximum absolute atomic E-state index is 10.6. The molecule has 1 aromatic heterocycles. The minimum Gasteiger partial charge on any atom is -0.481 e. The molecule has 0 bridgehead atoms. The number of carbonyl (C=O) groups is 1. The van der Waals surface area contributed by atoms with Crippen molar-refractivity contribution >= 4 is 17.6 Å². The predicted molar refractivity (Wildman–Crippen MR) is 69.9 cm³/mol. The molecule has 1 unspecified atom stereocenters. The number of hydrogen-bond donors (Lipinski definition) is 1. The first kappa shape index (κ1) is 13.5. The quantitative estimate of drug-likeness (QED) is 0.911. The Morgan fingerprint density at radius 3 is 2.89 bits per heavy atom. The SMILES string of the molecule is CC(CC(=O)O)Cc1nc(-c2ccccc2Cl)no1. The van der Waals surface area contributed by atoms with E-state index in [-0.39, 0.29) is 12.3 Å². The van der Waals surface area contributed by atoms with Crippen molar-refractivity contribution in [3.63, 3.8) is 0 Å². The standard InChI is InChI=1S/C13H13ClN2O3/c1-8(7-12(17)18)6-11-15-13(16-19-11)9-4-2-3-5-10(9)14/h2-5,8H,6-7H2,1H3,(H,17,18). The molecule has 0 aliphatic heterocycles. The number of rotatable bonds is 5. The average Bonchev–Trinajstić information content (AvgIpc) is 2.76. The summed E-state index contributed by atoms with van der Waals surface area (Å²) in [5.41, 5.74) is 0.699. The van der Waals surface area contributed by atoms with E-state index in [0.717, 1.165) is 0 Å². The van der Waals surface area contributed by atoms with Crippen LogP contribution in [0.2, 0.25) is 5.02 Å². The zero-order valence-corrected chi connectivity index (χ0v) is 11.1. The maximum Gasteiger partial charge on any atom is 0.303 e. The van der Waals surface area contributed by atoms with E-state index in [1.54, 1.807) is 12.1 Å². The number of carboxylic acids is 1. The van der Waals surface area contributed by atoms with E-state index in [0.29, 0.717) is 28.7 Å². The van der Waals surface area contributed by atoms with Gasteiger partial charge >= 0.3 is 5.97 Å². The molecular weight excluding hydrogens is 268 g/mol. The summed E-state index contributed by atoms with van der Waals surface area (Å²) >= 11 is 6.04. The Bertz CT molecular complexity index is 583. The third-order valence-corrected chi connectivity index (χ3v) is 2.96. The van der Waals surface area contributed by atoms with Crippen molar-refractivity contribution in [1.29, 1.82) is 0 Å². The van der Waals surface area contributed by atoms with Crippen LogP contribution in [0.15, 0.2) is 28.8 Å². The van der Waals surface area contributed by atoms with Gasteiger partial charge in [0, 0.05) is 18.4 Å². The van der Waals surface area contributed by atoms with E-state index in [2.05, 4.69) is 10.1 Å². The molecule has 0 spiro atoms. The third-order valence-electron chi connectivity index (χ3n) is 2.63. The summed E-state index contributed by atoms with van der Waals surface area (Å²) in [6.07, 6.45) is 0.507. The molecule has 0 saturated carbocycles. The summed E-state index contributed by atoms with van der Waals surface area (Å²) in [7, 11) is 0. The highest BCUT2D eigenvalue weighted by Crippen LogP contribution is 2.25. The van der Waals surface area contributed by atoms with Gasteiger partial charge in [0.25, 0.3) is 0 Å². The van der Waals surface area contributed by atoms with Crippen LogP contribution < -0.4 is 0 Å². The normalized spacial score (nSPS) is 12.3. The first-order valence-electron chi connectivity index (χ1n) is 5.85. The molecule has 0 fully saturated rings. The number of hydrogen-bond acceptors (Lipinski definition) is 4. The van der Waals surface area contributed by atoms with E-state index >= 15 is 0 Å². The molecule has 2 rings (SSSR count). The number of nitrogens with zero attached hydrogens (tertiary/aromatic N) is 2. The molecule has 0 saturated heterocycles.